The number of phenolic OH excluding ortho intramolecular Hbond substituents is 1. The van der Waals surface area contributed by atoms with Gasteiger partial charge in [-0.05, 0) is 24.3 Å². The van der Waals surface area contributed by atoms with Gasteiger partial charge in [0.25, 0.3) is 0 Å². The quantitative estimate of drug-likeness (QED) is 0.137. The average Bonchev–Trinajstić information content (AvgIpc) is 2.97. The predicted molar refractivity (Wildman–Crippen MR) is 138 cm³/mol. The van der Waals surface area contributed by atoms with Crippen LogP contribution in [0.2, 0.25) is 0 Å². The van der Waals surface area contributed by atoms with Crippen LogP contribution in [0.15, 0.2) is 51.7 Å². The Bertz CT molecular complexity index is 1440. The van der Waals surface area contributed by atoms with E-state index in [1.807, 2.05) is 0 Å². The minimum Gasteiger partial charge on any atom is -0.507 e. The minimum absolute atomic E-state index is 0.0799. The number of rotatable bonds is 7. The summed E-state index contributed by atoms with van der Waals surface area (Å²) in [4.78, 5) is 12.8. The zero-order chi connectivity index (χ0) is 30.3. The van der Waals surface area contributed by atoms with Gasteiger partial charge in [-0.25, -0.2) is 0 Å². The van der Waals surface area contributed by atoms with Crippen LogP contribution in [0.3, 0.4) is 0 Å². The van der Waals surface area contributed by atoms with Crippen LogP contribution >= 0.6 is 0 Å². The predicted octanol–water partition coefficient (Wildman–Crippen LogP) is -2.48. The standard InChI is InChI=1S/C27H30O15/c28-8-17-20(32)22(34)24(36)26(41-17)38-11-3-1-10(2-4-11)15-7-14(31)19-13(30)5-12(6-16(19)40-15)39-27-25(37)23(35)21(33)18(9-29)42-27/h1-7,17-18,20-30,32-37H,8-9H2/t17-,18-,20-,21-,22-,23-,24-,25-,26-,27-/m1/s1. The second-order valence-corrected chi connectivity index (χ2v) is 9.95. The fraction of sp³-hybridized carbons (Fsp3) is 0.444. The van der Waals surface area contributed by atoms with Crippen LogP contribution < -0.4 is 14.9 Å². The van der Waals surface area contributed by atoms with Crippen LogP contribution in [-0.4, -0.2) is 121 Å². The molecular formula is C27H30O15. The normalized spacial score (nSPS) is 33.4. The molecule has 0 spiro atoms. The van der Waals surface area contributed by atoms with Crippen molar-refractivity contribution in [2.75, 3.05) is 13.2 Å². The zero-order valence-electron chi connectivity index (χ0n) is 21.7. The van der Waals surface area contributed by atoms with Crippen molar-refractivity contribution in [3.63, 3.8) is 0 Å². The number of hydrogen-bond donors (Lipinski definition) is 9. The molecule has 2 fully saturated rings. The number of fused-ring (bicyclic) bond motifs is 1. The molecule has 15 heteroatoms. The van der Waals surface area contributed by atoms with Crippen LogP contribution in [0, 0.1) is 0 Å². The maximum absolute atomic E-state index is 12.8. The number of aromatic hydroxyl groups is 1. The van der Waals surface area contributed by atoms with Gasteiger partial charge in [0.05, 0.1) is 13.2 Å². The lowest BCUT2D eigenvalue weighted by atomic mass is 9.99. The van der Waals surface area contributed by atoms with E-state index in [-0.39, 0.29) is 28.2 Å². The first-order valence-corrected chi connectivity index (χ1v) is 12.9. The van der Waals surface area contributed by atoms with Crippen molar-refractivity contribution < 1.29 is 69.3 Å². The number of aliphatic hydroxyl groups is 8. The van der Waals surface area contributed by atoms with Gasteiger partial charge in [0.15, 0.2) is 5.43 Å². The molecule has 0 bridgehead atoms. The molecule has 2 saturated heterocycles. The van der Waals surface area contributed by atoms with Crippen molar-refractivity contribution in [1.29, 1.82) is 0 Å². The number of phenols is 1. The Morgan fingerprint density at radius 1 is 0.667 bits per heavy atom. The van der Waals surface area contributed by atoms with E-state index in [1.54, 1.807) is 0 Å². The fourth-order valence-electron chi connectivity index (χ4n) is 4.75. The Morgan fingerprint density at radius 2 is 1.19 bits per heavy atom. The molecule has 2 aromatic carbocycles. The van der Waals surface area contributed by atoms with E-state index in [9.17, 15) is 50.8 Å². The Kier molecular flexibility index (Phi) is 8.68. The maximum atomic E-state index is 12.8. The fourth-order valence-corrected chi connectivity index (χ4v) is 4.75. The summed E-state index contributed by atoms with van der Waals surface area (Å²) in [6, 6.07) is 9.40. The molecular weight excluding hydrogens is 564 g/mol. The van der Waals surface area contributed by atoms with Crippen molar-refractivity contribution >= 4 is 11.0 Å². The molecule has 3 heterocycles. The third-order valence-corrected chi connectivity index (χ3v) is 7.12. The Labute approximate surface area is 236 Å². The van der Waals surface area contributed by atoms with E-state index < -0.39 is 85.8 Å². The number of aliphatic hydroxyl groups excluding tert-OH is 8. The molecule has 0 saturated carbocycles. The minimum atomic E-state index is -1.71. The van der Waals surface area contributed by atoms with Crippen LogP contribution in [0.5, 0.6) is 17.2 Å². The lowest BCUT2D eigenvalue weighted by Gasteiger charge is -2.39. The van der Waals surface area contributed by atoms with Gasteiger partial charge in [-0.3, -0.25) is 4.79 Å². The van der Waals surface area contributed by atoms with Crippen LogP contribution in [0.1, 0.15) is 0 Å². The first-order chi connectivity index (χ1) is 20.0. The van der Waals surface area contributed by atoms with Gasteiger partial charge >= 0.3 is 0 Å². The molecule has 0 unspecified atom stereocenters. The van der Waals surface area contributed by atoms with E-state index in [2.05, 4.69) is 0 Å². The summed E-state index contributed by atoms with van der Waals surface area (Å²) in [5.74, 6) is -0.362. The number of hydrogen-bond acceptors (Lipinski definition) is 15. The highest BCUT2D eigenvalue weighted by atomic mass is 16.7. The average molecular weight is 595 g/mol. The topological polar surface area (TPSA) is 249 Å². The molecule has 0 radical (unpaired) electrons. The molecule has 1 aromatic heterocycles. The summed E-state index contributed by atoms with van der Waals surface area (Å²) in [5.41, 5.74) is -0.293. The third-order valence-electron chi connectivity index (χ3n) is 7.12. The molecule has 10 atom stereocenters. The van der Waals surface area contributed by atoms with Crippen molar-refractivity contribution in [3.05, 3.63) is 52.7 Å². The third kappa shape index (κ3) is 5.67. The Morgan fingerprint density at radius 3 is 1.71 bits per heavy atom. The lowest BCUT2D eigenvalue weighted by Crippen LogP contribution is -2.60. The van der Waals surface area contributed by atoms with E-state index in [0.717, 1.165) is 12.1 Å². The first kappa shape index (κ1) is 30.1. The van der Waals surface area contributed by atoms with Gasteiger partial charge in [0.2, 0.25) is 12.6 Å². The number of benzene rings is 2. The van der Waals surface area contributed by atoms with Gasteiger partial charge in [-0.15, -0.1) is 0 Å². The molecule has 2 aliphatic rings. The van der Waals surface area contributed by atoms with E-state index in [1.165, 1.54) is 30.3 Å². The summed E-state index contributed by atoms with van der Waals surface area (Å²) in [6.07, 6.45) is -15.0. The van der Waals surface area contributed by atoms with Crippen molar-refractivity contribution in [3.8, 4) is 28.6 Å². The molecule has 9 N–H and O–H groups in total. The van der Waals surface area contributed by atoms with Crippen LogP contribution in [0.25, 0.3) is 22.3 Å². The lowest BCUT2D eigenvalue weighted by molar-refractivity contribution is -0.277. The molecule has 42 heavy (non-hydrogen) atoms. The van der Waals surface area contributed by atoms with Gasteiger partial charge < -0.3 is 69.3 Å². The summed E-state index contributed by atoms with van der Waals surface area (Å²) in [7, 11) is 0. The molecule has 0 amide bonds. The highest BCUT2D eigenvalue weighted by Gasteiger charge is 2.45. The van der Waals surface area contributed by atoms with Gasteiger partial charge in [0, 0.05) is 23.8 Å². The maximum Gasteiger partial charge on any atom is 0.229 e. The van der Waals surface area contributed by atoms with E-state index in [0.29, 0.717) is 5.56 Å². The Hall–Kier alpha value is -3.35. The molecule has 2 aliphatic heterocycles. The van der Waals surface area contributed by atoms with E-state index in [4.69, 9.17) is 23.4 Å². The van der Waals surface area contributed by atoms with Crippen molar-refractivity contribution in [1.82, 2.24) is 0 Å². The summed E-state index contributed by atoms with van der Waals surface area (Å²) in [6.45, 7) is -1.28. The second kappa shape index (κ2) is 12.1. The van der Waals surface area contributed by atoms with Crippen molar-refractivity contribution in [2.45, 2.75) is 61.4 Å². The highest BCUT2D eigenvalue weighted by molar-refractivity contribution is 5.86. The molecule has 15 nitrogen and oxygen atoms in total. The monoisotopic (exact) mass is 594 g/mol. The summed E-state index contributed by atoms with van der Waals surface area (Å²) in [5, 5.41) is 89.3. The van der Waals surface area contributed by atoms with Gasteiger partial charge in [0.1, 0.15) is 82.8 Å². The van der Waals surface area contributed by atoms with Crippen LogP contribution in [0.4, 0.5) is 0 Å². The summed E-state index contributed by atoms with van der Waals surface area (Å²) >= 11 is 0. The van der Waals surface area contributed by atoms with Gasteiger partial charge in [-0.1, -0.05) is 0 Å². The SMILES string of the molecule is O=c1cc(-c2ccc(O[C@@H]3O[C@H](CO)[C@@H](O)[C@@H](O)[C@H]3O)cc2)oc2cc(O[C@@H]3O[C@H](CO)[C@@H](O)[C@@H](O)[C@H]3O)cc(O)c12. The summed E-state index contributed by atoms with van der Waals surface area (Å²) < 4.78 is 27.6. The first-order valence-electron chi connectivity index (χ1n) is 12.9. The van der Waals surface area contributed by atoms with Crippen LogP contribution in [-0.2, 0) is 9.47 Å². The molecule has 5 rings (SSSR count). The smallest absolute Gasteiger partial charge is 0.229 e. The highest BCUT2D eigenvalue weighted by Crippen LogP contribution is 2.34. The van der Waals surface area contributed by atoms with Gasteiger partial charge in [-0.2, -0.15) is 0 Å². The van der Waals surface area contributed by atoms with E-state index >= 15 is 0 Å². The molecule has 0 aliphatic carbocycles. The van der Waals surface area contributed by atoms with Crippen molar-refractivity contribution in [2.24, 2.45) is 0 Å². The molecule has 228 valence electrons. The molecule has 3 aromatic rings. The largest absolute Gasteiger partial charge is 0.507 e. The Balaban J connectivity index is 1.37. The second-order valence-electron chi connectivity index (χ2n) is 9.95. The zero-order valence-corrected chi connectivity index (χ0v) is 21.7. The number of ether oxygens (including phenoxy) is 4.